The van der Waals surface area contributed by atoms with E-state index < -0.39 is 11.8 Å². The van der Waals surface area contributed by atoms with Crippen molar-refractivity contribution in [2.75, 3.05) is 26.6 Å². The predicted molar refractivity (Wildman–Crippen MR) is 107 cm³/mol. The first-order valence-corrected chi connectivity index (χ1v) is 8.55. The number of halogens is 2. The first-order chi connectivity index (χ1) is 13.4. The highest BCUT2D eigenvalue weighted by Gasteiger charge is 2.16. The fraction of sp³-hybridized carbons (Fsp3) is 0.167. The second kappa shape index (κ2) is 9.82. The molecule has 0 bridgehead atoms. The van der Waals surface area contributed by atoms with Crippen LogP contribution in [0, 0.1) is 0 Å². The van der Waals surface area contributed by atoms with E-state index in [1.54, 1.807) is 12.1 Å². The molecule has 0 aromatic heterocycles. The third-order valence-electron chi connectivity index (χ3n) is 3.49. The van der Waals surface area contributed by atoms with Gasteiger partial charge in [-0.15, -0.1) is 0 Å². The number of benzene rings is 2. The number of hydrogen-bond acceptors (Lipinski definition) is 6. The van der Waals surface area contributed by atoms with Gasteiger partial charge >= 0.3 is 11.8 Å². The molecule has 0 saturated heterocycles. The van der Waals surface area contributed by atoms with Gasteiger partial charge in [-0.3, -0.25) is 9.59 Å². The van der Waals surface area contributed by atoms with Crippen molar-refractivity contribution >= 4 is 46.9 Å². The fourth-order valence-corrected chi connectivity index (χ4v) is 2.50. The monoisotopic (exact) mass is 425 g/mol. The lowest BCUT2D eigenvalue weighted by Crippen LogP contribution is -2.32. The number of nitrogens with zero attached hydrogens (tertiary/aromatic N) is 1. The van der Waals surface area contributed by atoms with Gasteiger partial charge in [-0.1, -0.05) is 23.2 Å². The maximum absolute atomic E-state index is 11.9. The molecule has 2 amide bonds. The molecule has 8 nitrogen and oxygen atoms in total. The van der Waals surface area contributed by atoms with Crippen molar-refractivity contribution in [2.45, 2.75) is 0 Å². The van der Waals surface area contributed by atoms with Gasteiger partial charge in [0.2, 0.25) is 5.75 Å². The van der Waals surface area contributed by atoms with E-state index in [1.807, 2.05) is 0 Å². The van der Waals surface area contributed by atoms with Crippen LogP contribution in [0.15, 0.2) is 35.4 Å². The quantitative estimate of drug-likeness (QED) is 0.420. The van der Waals surface area contributed by atoms with Gasteiger partial charge in [-0.25, -0.2) is 5.43 Å². The lowest BCUT2D eigenvalue weighted by molar-refractivity contribution is -0.136. The number of carbonyl (C=O) groups excluding carboxylic acids is 2. The third kappa shape index (κ3) is 5.05. The third-order valence-corrected chi connectivity index (χ3v) is 4.23. The zero-order valence-electron chi connectivity index (χ0n) is 15.2. The summed E-state index contributed by atoms with van der Waals surface area (Å²) < 4.78 is 15.8. The Morgan fingerprint density at radius 3 is 2.25 bits per heavy atom. The van der Waals surface area contributed by atoms with Crippen molar-refractivity contribution in [3.8, 4) is 17.2 Å². The van der Waals surface area contributed by atoms with Crippen LogP contribution in [-0.2, 0) is 9.59 Å². The maximum atomic E-state index is 11.9. The highest BCUT2D eigenvalue weighted by Crippen LogP contribution is 2.38. The van der Waals surface area contributed by atoms with Crippen molar-refractivity contribution in [3.63, 3.8) is 0 Å². The summed E-state index contributed by atoms with van der Waals surface area (Å²) >= 11 is 11.7. The van der Waals surface area contributed by atoms with E-state index in [-0.39, 0.29) is 5.02 Å². The maximum Gasteiger partial charge on any atom is 0.329 e. The van der Waals surface area contributed by atoms with Crippen LogP contribution < -0.4 is 25.0 Å². The topological polar surface area (TPSA) is 98.2 Å². The fourth-order valence-electron chi connectivity index (χ4n) is 2.20. The highest BCUT2D eigenvalue weighted by molar-refractivity contribution is 6.42. The normalized spacial score (nSPS) is 10.5. The summed E-state index contributed by atoms with van der Waals surface area (Å²) in [7, 11) is 4.42. The number of hydrazone groups is 1. The Balaban J connectivity index is 2.06. The van der Waals surface area contributed by atoms with E-state index in [1.165, 1.54) is 45.7 Å². The first-order valence-electron chi connectivity index (χ1n) is 7.79. The van der Waals surface area contributed by atoms with Gasteiger partial charge < -0.3 is 19.5 Å². The Morgan fingerprint density at radius 1 is 0.929 bits per heavy atom. The van der Waals surface area contributed by atoms with Crippen LogP contribution in [0.2, 0.25) is 10.0 Å². The Labute approximate surface area is 171 Å². The van der Waals surface area contributed by atoms with Crippen LogP contribution >= 0.6 is 23.2 Å². The van der Waals surface area contributed by atoms with E-state index in [2.05, 4.69) is 15.8 Å². The van der Waals surface area contributed by atoms with Crippen LogP contribution in [0.5, 0.6) is 17.2 Å². The SMILES string of the molecule is COc1ccc(/C=N\NC(=O)C(=O)Nc2ccc(Cl)c(Cl)c2)c(OC)c1OC. The average Bonchev–Trinajstić information content (AvgIpc) is 2.69. The molecule has 2 rings (SSSR count). The molecule has 148 valence electrons. The molecule has 2 aromatic rings. The van der Waals surface area contributed by atoms with Crippen molar-refractivity contribution in [1.29, 1.82) is 0 Å². The molecule has 0 aliphatic heterocycles. The number of hydrogen-bond donors (Lipinski definition) is 2. The molecule has 0 atom stereocenters. The summed E-state index contributed by atoms with van der Waals surface area (Å²) in [5, 5.41) is 6.73. The average molecular weight is 426 g/mol. The molecule has 28 heavy (non-hydrogen) atoms. The summed E-state index contributed by atoms with van der Waals surface area (Å²) in [4.78, 5) is 23.8. The number of amides is 2. The molecular formula is C18H17Cl2N3O5. The number of ether oxygens (including phenoxy) is 3. The number of anilines is 1. The van der Waals surface area contributed by atoms with Crippen LogP contribution in [0.1, 0.15) is 5.56 Å². The molecule has 0 radical (unpaired) electrons. The van der Waals surface area contributed by atoms with Gasteiger partial charge in [0.05, 0.1) is 37.6 Å². The predicted octanol–water partition coefficient (Wildman–Crippen LogP) is 3.11. The number of rotatable bonds is 6. The summed E-state index contributed by atoms with van der Waals surface area (Å²) in [5.74, 6) is -0.684. The number of nitrogens with one attached hydrogen (secondary N) is 2. The van der Waals surface area contributed by atoms with Crippen molar-refractivity contribution < 1.29 is 23.8 Å². The smallest absolute Gasteiger partial charge is 0.329 e. The standard InChI is InChI=1S/C18H17Cl2N3O5/c1-26-14-7-4-10(15(27-2)16(14)28-3)9-21-23-18(25)17(24)22-11-5-6-12(19)13(20)8-11/h4-9H,1-3H3,(H,22,24)(H,23,25)/b21-9-. The minimum atomic E-state index is -0.971. The molecule has 10 heteroatoms. The molecular weight excluding hydrogens is 409 g/mol. The number of methoxy groups -OCH3 is 3. The van der Waals surface area contributed by atoms with Gasteiger partial charge in [0.15, 0.2) is 11.5 Å². The zero-order valence-corrected chi connectivity index (χ0v) is 16.7. The van der Waals surface area contributed by atoms with Crippen LogP contribution in [-0.4, -0.2) is 39.4 Å². The second-order valence-corrected chi connectivity index (χ2v) is 6.02. The van der Waals surface area contributed by atoms with Gasteiger partial charge in [-0.2, -0.15) is 5.10 Å². The summed E-state index contributed by atoms with van der Waals surface area (Å²) in [6.45, 7) is 0. The Morgan fingerprint density at radius 2 is 1.64 bits per heavy atom. The molecule has 0 saturated carbocycles. The van der Waals surface area contributed by atoms with E-state index in [9.17, 15) is 9.59 Å². The first kappa shape index (κ1) is 21.3. The van der Waals surface area contributed by atoms with Crippen LogP contribution in [0.25, 0.3) is 0 Å². The molecule has 2 N–H and O–H groups in total. The van der Waals surface area contributed by atoms with E-state index >= 15 is 0 Å². The molecule has 0 fully saturated rings. The minimum Gasteiger partial charge on any atom is -0.493 e. The Bertz CT molecular complexity index is 918. The molecule has 0 aliphatic rings. The Hall–Kier alpha value is -2.97. The van der Waals surface area contributed by atoms with Crippen molar-refractivity contribution in [3.05, 3.63) is 45.9 Å². The molecule has 0 unspecified atom stereocenters. The molecule has 0 spiro atoms. The van der Waals surface area contributed by atoms with Crippen LogP contribution in [0.4, 0.5) is 5.69 Å². The zero-order chi connectivity index (χ0) is 20.7. The van der Waals surface area contributed by atoms with Crippen molar-refractivity contribution in [1.82, 2.24) is 5.43 Å². The second-order valence-electron chi connectivity index (χ2n) is 5.21. The lowest BCUT2D eigenvalue weighted by Gasteiger charge is -2.13. The molecule has 0 aliphatic carbocycles. The van der Waals surface area contributed by atoms with Gasteiger partial charge in [-0.05, 0) is 30.3 Å². The van der Waals surface area contributed by atoms with Gasteiger partial charge in [0, 0.05) is 11.3 Å². The summed E-state index contributed by atoms with van der Waals surface area (Å²) in [5.41, 5.74) is 2.95. The largest absolute Gasteiger partial charge is 0.493 e. The van der Waals surface area contributed by atoms with Gasteiger partial charge in [0.25, 0.3) is 0 Å². The number of carbonyl (C=O) groups is 2. The summed E-state index contributed by atoms with van der Waals surface area (Å²) in [6, 6.07) is 7.75. The highest BCUT2D eigenvalue weighted by atomic mass is 35.5. The van der Waals surface area contributed by atoms with E-state index in [0.29, 0.717) is 33.5 Å². The lowest BCUT2D eigenvalue weighted by atomic mass is 10.2. The van der Waals surface area contributed by atoms with Gasteiger partial charge in [0.1, 0.15) is 0 Å². The Kier molecular flexibility index (Phi) is 7.48. The molecule has 0 heterocycles. The summed E-state index contributed by atoms with van der Waals surface area (Å²) in [6.07, 6.45) is 1.31. The van der Waals surface area contributed by atoms with E-state index in [0.717, 1.165) is 0 Å². The van der Waals surface area contributed by atoms with Crippen molar-refractivity contribution in [2.24, 2.45) is 5.10 Å². The minimum absolute atomic E-state index is 0.249. The molecule has 2 aromatic carbocycles. The van der Waals surface area contributed by atoms with E-state index in [4.69, 9.17) is 37.4 Å². The van der Waals surface area contributed by atoms with Crippen LogP contribution in [0.3, 0.4) is 0 Å².